The summed E-state index contributed by atoms with van der Waals surface area (Å²) in [6.07, 6.45) is 1.94. The summed E-state index contributed by atoms with van der Waals surface area (Å²) in [5.74, 6) is 0. The molecule has 2 fully saturated rings. The summed E-state index contributed by atoms with van der Waals surface area (Å²) >= 11 is 0. The Kier molecular flexibility index (Phi) is 0.517. The third-order valence-corrected chi connectivity index (χ3v) is 1.70. The van der Waals surface area contributed by atoms with Gasteiger partial charge in [-0.3, -0.25) is 0 Å². The van der Waals surface area contributed by atoms with Gasteiger partial charge < -0.3 is 10.1 Å². The van der Waals surface area contributed by atoms with Crippen LogP contribution in [0.1, 0.15) is 12.8 Å². The highest BCUT2D eigenvalue weighted by atomic mass is 16.6. The van der Waals surface area contributed by atoms with Crippen LogP contribution in [0.5, 0.6) is 0 Å². The maximum absolute atomic E-state index is 10.4. The molecule has 3 nitrogen and oxygen atoms in total. The van der Waals surface area contributed by atoms with Crippen molar-refractivity contribution in [2.75, 3.05) is 6.61 Å². The van der Waals surface area contributed by atoms with Gasteiger partial charge in [0.2, 0.25) is 0 Å². The molecule has 1 saturated carbocycles. The highest BCUT2D eigenvalue weighted by molar-refractivity contribution is 5.71. The fraction of sp³-hybridized carbons (Fsp3) is 0.800. The van der Waals surface area contributed by atoms with Gasteiger partial charge in [0.1, 0.15) is 6.61 Å². The van der Waals surface area contributed by atoms with Crippen LogP contribution in [-0.4, -0.2) is 18.2 Å². The molecule has 0 aromatic carbocycles. The molecule has 1 N–H and O–H groups in total. The van der Waals surface area contributed by atoms with Gasteiger partial charge in [0.05, 0.1) is 5.54 Å². The van der Waals surface area contributed by atoms with Crippen molar-refractivity contribution < 1.29 is 9.53 Å². The van der Waals surface area contributed by atoms with Crippen LogP contribution in [0, 0.1) is 0 Å². The van der Waals surface area contributed by atoms with Crippen LogP contribution >= 0.6 is 0 Å². The van der Waals surface area contributed by atoms with Gasteiger partial charge in [-0.05, 0) is 12.8 Å². The van der Waals surface area contributed by atoms with Crippen LogP contribution in [0.2, 0.25) is 0 Å². The zero-order chi connectivity index (χ0) is 5.61. The SMILES string of the molecule is O=C1NC2(CC2)CO1. The first kappa shape index (κ1) is 4.18. The number of rotatable bonds is 0. The smallest absolute Gasteiger partial charge is 0.407 e. The minimum absolute atomic E-state index is 0.0943. The predicted molar refractivity (Wildman–Crippen MR) is 26.4 cm³/mol. The molecule has 1 aliphatic carbocycles. The quantitative estimate of drug-likeness (QED) is 0.489. The van der Waals surface area contributed by atoms with Crippen LogP contribution in [0.15, 0.2) is 0 Å². The molecule has 8 heavy (non-hydrogen) atoms. The summed E-state index contributed by atoms with van der Waals surface area (Å²) in [6, 6.07) is 0. The van der Waals surface area contributed by atoms with Gasteiger partial charge in [-0.2, -0.15) is 0 Å². The number of carbonyl (C=O) groups excluding carboxylic acids is 1. The van der Waals surface area contributed by atoms with Crippen molar-refractivity contribution in [3.8, 4) is 0 Å². The lowest BCUT2D eigenvalue weighted by Gasteiger charge is -1.96. The largest absolute Gasteiger partial charge is 0.447 e. The maximum atomic E-state index is 10.4. The third-order valence-electron chi connectivity index (χ3n) is 1.70. The molecule has 0 unspecified atom stereocenters. The van der Waals surface area contributed by atoms with Crippen molar-refractivity contribution in [3.05, 3.63) is 0 Å². The van der Waals surface area contributed by atoms with Crippen molar-refractivity contribution >= 4 is 6.09 Å². The number of amides is 1. The molecule has 3 heteroatoms. The summed E-state index contributed by atoms with van der Waals surface area (Å²) in [4.78, 5) is 10.4. The lowest BCUT2D eigenvalue weighted by molar-refractivity contribution is 0.176. The van der Waals surface area contributed by atoms with E-state index >= 15 is 0 Å². The van der Waals surface area contributed by atoms with Gasteiger partial charge in [0, 0.05) is 0 Å². The molecular formula is C5H7NO2. The van der Waals surface area contributed by atoms with E-state index in [9.17, 15) is 4.79 Å². The number of hydrogen-bond donors (Lipinski definition) is 1. The third kappa shape index (κ3) is 0.412. The van der Waals surface area contributed by atoms with Crippen molar-refractivity contribution in [1.82, 2.24) is 5.32 Å². The van der Waals surface area contributed by atoms with E-state index in [-0.39, 0.29) is 11.6 Å². The van der Waals surface area contributed by atoms with Crippen LogP contribution in [0.3, 0.4) is 0 Å². The minimum atomic E-state index is -0.248. The Hall–Kier alpha value is -0.730. The molecule has 0 aromatic heterocycles. The second-order valence-electron chi connectivity index (χ2n) is 2.48. The Morgan fingerprint density at radius 3 is 2.62 bits per heavy atom. The normalized spacial score (nSPS) is 29.8. The molecule has 44 valence electrons. The molecule has 0 atom stereocenters. The Labute approximate surface area is 47.0 Å². The zero-order valence-electron chi connectivity index (χ0n) is 4.44. The van der Waals surface area contributed by atoms with Gasteiger partial charge in [-0.1, -0.05) is 0 Å². The highest BCUT2D eigenvalue weighted by Crippen LogP contribution is 2.38. The molecule has 2 aliphatic rings. The molecule has 0 radical (unpaired) electrons. The van der Waals surface area contributed by atoms with Gasteiger partial charge in [-0.15, -0.1) is 0 Å². The number of cyclic esters (lactones) is 1. The highest BCUT2D eigenvalue weighted by Gasteiger charge is 2.49. The van der Waals surface area contributed by atoms with Crippen molar-refractivity contribution in [2.45, 2.75) is 18.4 Å². The van der Waals surface area contributed by atoms with Crippen LogP contribution < -0.4 is 5.32 Å². The molecule has 1 spiro atoms. The number of carbonyl (C=O) groups is 1. The van der Waals surface area contributed by atoms with Crippen LogP contribution in [-0.2, 0) is 4.74 Å². The second kappa shape index (κ2) is 0.989. The molecular weight excluding hydrogens is 106 g/mol. The Bertz CT molecular complexity index is 139. The molecule has 1 aliphatic heterocycles. The summed E-state index contributed by atoms with van der Waals surface area (Å²) in [6.45, 7) is 0.589. The van der Waals surface area contributed by atoms with E-state index in [4.69, 9.17) is 0 Å². The topological polar surface area (TPSA) is 38.3 Å². The monoisotopic (exact) mass is 113 g/mol. The number of hydrogen-bond acceptors (Lipinski definition) is 2. The van der Waals surface area contributed by atoms with Crippen LogP contribution in [0.4, 0.5) is 4.79 Å². The molecule has 0 bridgehead atoms. The average Bonchev–Trinajstić information content (AvgIpc) is 2.34. The fourth-order valence-corrected chi connectivity index (χ4v) is 0.913. The van der Waals surface area contributed by atoms with E-state index in [0.29, 0.717) is 6.61 Å². The van der Waals surface area contributed by atoms with E-state index < -0.39 is 0 Å². The standard InChI is InChI=1S/C5H7NO2/c7-4-6-5(1-2-5)3-8-4/h1-3H2,(H,6,7). The fourth-order valence-electron chi connectivity index (χ4n) is 0.913. The lowest BCUT2D eigenvalue weighted by atomic mass is 10.3. The second-order valence-corrected chi connectivity index (χ2v) is 2.48. The van der Waals surface area contributed by atoms with E-state index in [1.54, 1.807) is 0 Å². The zero-order valence-corrected chi connectivity index (χ0v) is 4.44. The Balaban J connectivity index is 2.13. The van der Waals surface area contributed by atoms with E-state index in [0.717, 1.165) is 12.8 Å². The van der Waals surface area contributed by atoms with Gasteiger partial charge in [0.15, 0.2) is 0 Å². The summed E-state index contributed by atoms with van der Waals surface area (Å²) < 4.78 is 4.68. The lowest BCUT2D eigenvalue weighted by Crippen LogP contribution is -2.27. The Morgan fingerprint density at radius 1 is 1.62 bits per heavy atom. The van der Waals surface area contributed by atoms with E-state index in [2.05, 4.69) is 10.1 Å². The van der Waals surface area contributed by atoms with E-state index in [1.807, 2.05) is 0 Å². The summed E-state index contributed by atoms with van der Waals surface area (Å²) in [5.41, 5.74) is 0.0943. The van der Waals surface area contributed by atoms with Crippen molar-refractivity contribution in [1.29, 1.82) is 0 Å². The first-order valence-corrected chi connectivity index (χ1v) is 2.76. The number of alkyl carbamates (subject to hydrolysis) is 1. The average molecular weight is 113 g/mol. The van der Waals surface area contributed by atoms with Crippen LogP contribution in [0.25, 0.3) is 0 Å². The number of nitrogens with one attached hydrogen (secondary N) is 1. The maximum Gasteiger partial charge on any atom is 0.407 e. The Morgan fingerprint density at radius 2 is 2.38 bits per heavy atom. The van der Waals surface area contributed by atoms with E-state index in [1.165, 1.54) is 0 Å². The summed E-state index contributed by atoms with van der Waals surface area (Å²) in [5, 5.41) is 2.74. The first-order valence-electron chi connectivity index (χ1n) is 2.76. The van der Waals surface area contributed by atoms with Crippen molar-refractivity contribution in [3.63, 3.8) is 0 Å². The summed E-state index contributed by atoms with van der Waals surface area (Å²) in [7, 11) is 0. The predicted octanol–water partition coefficient (Wildman–Crippen LogP) is 0.259. The molecule has 1 heterocycles. The first-order chi connectivity index (χ1) is 3.81. The number of ether oxygens (including phenoxy) is 1. The van der Waals surface area contributed by atoms with Gasteiger partial charge >= 0.3 is 6.09 Å². The van der Waals surface area contributed by atoms with Gasteiger partial charge in [0.25, 0.3) is 0 Å². The van der Waals surface area contributed by atoms with Gasteiger partial charge in [-0.25, -0.2) is 4.79 Å². The minimum Gasteiger partial charge on any atom is -0.447 e. The molecule has 1 amide bonds. The molecule has 2 rings (SSSR count). The molecule has 0 aromatic rings. The van der Waals surface area contributed by atoms with Crippen molar-refractivity contribution in [2.24, 2.45) is 0 Å². The molecule has 1 saturated heterocycles.